The molecule has 3 nitrogen and oxygen atoms in total. The topological polar surface area (TPSA) is 38.7 Å². The highest BCUT2D eigenvalue weighted by Crippen LogP contribution is 2.37. The molecule has 0 radical (unpaired) electrons. The Morgan fingerprint density at radius 3 is 1.86 bits per heavy atom. The molecular weight excluding hydrogens is 528 g/mol. The number of hydrogen-bond acceptors (Lipinski definition) is 3. The van der Waals surface area contributed by atoms with Crippen molar-refractivity contribution in [1.29, 1.82) is 0 Å². The van der Waals surface area contributed by atoms with Gasteiger partial charge in [0, 0.05) is 13.0 Å². The third kappa shape index (κ3) is 7.50. The second kappa shape index (κ2) is 13.5. The molecule has 192 valence electrons. The van der Waals surface area contributed by atoms with Crippen LogP contribution >= 0.6 is 15.9 Å². The maximum absolute atomic E-state index is 10.9. The van der Waals surface area contributed by atoms with Gasteiger partial charge in [0.1, 0.15) is 0 Å². The molecule has 0 amide bonds. The standard InChI is InChI=1S/C31H39BrO3Si/c1-25(32)23-29(33)30(34-24-26-15-8-5-9-16-26)21-14-22-35-36(31(2,3)4,27-17-10-6-11-18-27)28-19-12-7-13-20-28/h5-13,15-20,29-30,33H,1,14,21-24H2,2-4H3/t29-,30-/m0/s1. The van der Waals surface area contributed by atoms with E-state index in [1.54, 1.807) is 0 Å². The van der Waals surface area contributed by atoms with E-state index in [2.05, 4.69) is 104 Å². The van der Waals surface area contributed by atoms with E-state index in [1.807, 2.05) is 30.3 Å². The van der Waals surface area contributed by atoms with E-state index in [0.717, 1.165) is 16.5 Å². The normalized spacial score (nSPS) is 13.8. The van der Waals surface area contributed by atoms with Gasteiger partial charge in [0.25, 0.3) is 8.32 Å². The summed E-state index contributed by atoms with van der Waals surface area (Å²) in [4.78, 5) is 0. The highest BCUT2D eigenvalue weighted by atomic mass is 79.9. The third-order valence-electron chi connectivity index (χ3n) is 6.54. The van der Waals surface area contributed by atoms with Gasteiger partial charge < -0.3 is 14.3 Å². The zero-order valence-electron chi connectivity index (χ0n) is 21.7. The molecule has 0 unspecified atom stereocenters. The van der Waals surface area contributed by atoms with Crippen LogP contribution in [0.5, 0.6) is 0 Å². The molecule has 0 saturated heterocycles. The Kier molecular flexibility index (Phi) is 10.7. The molecule has 3 rings (SSSR count). The molecule has 0 spiro atoms. The second-order valence-corrected chi connectivity index (χ2v) is 15.7. The van der Waals surface area contributed by atoms with Crippen LogP contribution in [-0.4, -0.2) is 32.2 Å². The van der Waals surface area contributed by atoms with Crippen LogP contribution in [-0.2, 0) is 15.8 Å². The molecule has 0 bridgehead atoms. The van der Waals surface area contributed by atoms with Gasteiger partial charge in [-0.1, -0.05) is 134 Å². The van der Waals surface area contributed by atoms with Crippen LogP contribution in [0.15, 0.2) is 102 Å². The minimum absolute atomic E-state index is 0.0634. The molecule has 0 aliphatic heterocycles. The average molecular weight is 568 g/mol. The van der Waals surface area contributed by atoms with Gasteiger partial charge in [-0.15, -0.1) is 0 Å². The smallest absolute Gasteiger partial charge is 0.261 e. The highest BCUT2D eigenvalue weighted by Gasteiger charge is 2.50. The molecule has 0 aliphatic carbocycles. The first kappa shape index (κ1) is 28.5. The van der Waals surface area contributed by atoms with Crippen molar-refractivity contribution < 1.29 is 14.3 Å². The number of aliphatic hydroxyl groups is 1. The zero-order chi connectivity index (χ0) is 26.0. The number of ether oxygens (including phenoxy) is 1. The Morgan fingerprint density at radius 1 is 0.889 bits per heavy atom. The zero-order valence-corrected chi connectivity index (χ0v) is 24.3. The summed E-state index contributed by atoms with van der Waals surface area (Å²) in [5.41, 5.74) is 1.09. The maximum atomic E-state index is 10.9. The lowest BCUT2D eigenvalue weighted by atomic mass is 10.1. The number of rotatable bonds is 13. The van der Waals surface area contributed by atoms with Crippen LogP contribution in [0.2, 0.25) is 5.04 Å². The molecule has 0 fully saturated rings. The van der Waals surface area contributed by atoms with E-state index >= 15 is 0 Å². The third-order valence-corrected chi connectivity index (χ3v) is 11.9. The van der Waals surface area contributed by atoms with Gasteiger partial charge in [0.15, 0.2) is 0 Å². The summed E-state index contributed by atoms with van der Waals surface area (Å²) in [5, 5.41) is 13.3. The van der Waals surface area contributed by atoms with Crippen molar-refractivity contribution in [3.8, 4) is 0 Å². The lowest BCUT2D eigenvalue weighted by Gasteiger charge is -2.43. The summed E-state index contributed by atoms with van der Waals surface area (Å²) in [5.74, 6) is 0. The predicted molar refractivity (Wildman–Crippen MR) is 157 cm³/mol. The fourth-order valence-electron chi connectivity index (χ4n) is 4.79. The number of hydrogen-bond donors (Lipinski definition) is 1. The van der Waals surface area contributed by atoms with Gasteiger partial charge in [-0.2, -0.15) is 0 Å². The van der Waals surface area contributed by atoms with E-state index in [4.69, 9.17) is 9.16 Å². The number of halogens is 1. The largest absolute Gasteiger partial charge is 0.407 e. The van der Waals surface area contributed by atoms with Crippen LogP contribution in [0.3, 0.4) is 0 Å². The molecule has 2 atom stereocenters. The van der Waals surface area contributed by atoms with Crippen molar-refractivity contribution in [2.45, 2.75) is 63.9 Å². The molecule has 0 heterocycles. The fraction of sp³-hybridized carbons (Fsp3) is 0.355. The Morgan fingerprint density at radius 2 is 1.39 bits per heavy atom. The maximum Gasteiger partial charge on any atom is 0.261 e. The van der Waals surface area contributed by atoms with Crippen molar-refractivity contribution in [2.24, 2.45) is 0 Å². The van der Waals surface area contributed by atoms with Crippen molar-refractivity contribution >= 4 is 34.6 Å². The molecule has 36 heavy (non-hydrogen) atoms. The molecule has 0 saturated carbocycles. The van der Waals surface area contributed by atoms with Gasteiger partial charge >= 0.3 is 0 Å². The van der Waals surface area contributed by atoms with E-state index in [9.17, 15) is 5.11 Å². The summed E-state index contributed by atoms with van der Waals surface area (Å²) in [6.45, 7) is 11.8. The average Bonchev–Trinajstić information content (AvgIpc) is 2.86. The Hall–Kier alpha value is -2.02. The summed E-state index contributed by atoms with van der Waals surface area (Å²) in [6.07, 6.45) is 1.01. The molecule has 5 heteroatoms. The lowest BCUT2D eigenvalue weighted by Crippen LogP contribution is -2.66. The van der Waals surface area contributed by atoms with Crippen molar-refractivity contribution in [2.75, 3.05) is 6.61 Å². The summed E-state index contributed by atoms with van der Waals surface area (Å²) in [7, 11) is -2.57. The first-order valence-electron chi connectivity index (χ1n) is 12.7. The summed E-state index contributed by atoms with van der Waals surface area (Å²) >= 11 is 3.39. The number of benzene rings is 3. The summed E-state index contributed by atoms with van der Waals surface area (Å²) < 4.78 is 14.0. The molecule has 0 aromatic heterocycles. The second-order valence-electron chi connectivity index (χ2n) is 10.3. The molecule has 0 aliphatic rings. The van der Waals surface area contributed by atoms with E-state index in [0.29, 0.717) is 26.1 Å². The molecule has 1 N–H and O–H groups in total. The first-order chi connectivity index (χ1) is 17.2. The lowest BCUT2D eigenvalue weighted by molar-refractivity contribution is -0.0505. The van der Waals surface area contributed by atoms with Crippen LogP contribution in [0, 0.1) is 0 Å². The van der Waals surface area contributed by atoms with E-state index in [-0.39, 0.29) is 11.1 Å². The van der Waals surface area contributed by atoms with Gasteiger partial charge in [-0.05, 0) is 38.3 Å². The minimum atomic E-state index is -2.57. The highest BCUT2D eigenvalue weighted by molar-refractivity contribution is 9.11. The van der Waals surface area contributed by atoms with E-state index < -0.39 is 14.4 Å². The first-order valence-corrected chi connectivity index (χ1v) is 15.4. The number of aliphatic hydroxyl groups excluding tert-OH is 1. The fourth-order valence-corrected chi connectivity index (χ4v) is 9.73. The van der Waals surface area contributed by atoms with Crippen LogP contribution in [0.4, 0.5) is 0 Å². The Balaban J connectivity index is 1.76. The Labute approximate surface area is 226 Å². The molecular formula is C31H39BrO3Si. The minimum Gasteiger partial charge on any atom is -0.407 e. The molecule has 3 aromatic rings. The quantitative estimate of drug-likeness (QED) is 0.187. The van der Waals surface area contributed by atoms with Gasteiger partial charge in [0.2, 0.25) is 0 Å². The van der Waals surface area contributed by atoms with Gasteiger partial charge in [-0.25, -0.2) is 0 Å². The van der Waals surface area contributed by atoms with Gasteiger partial charge in [-0.3, -0.25) is 0 Å². The van der Waals surface area contributed by atoms with Gasteiger partial charge in [0.05, 0.1) is 18.8 Å². The van der Waals surface area contributed by atoms with Crippen molar-refractivity contribution in [3.63, 3.8) is 0 Å². The van der Waals surface area contributed by atoms with E-state index in [1.165, 1.54) is 10.4 Å². The predicted octanol–water partition coefficient (Wildman–Crippen LogP) is 6.59. The molecule has 3 aromatic carbocycles. The van der Waals surface area contributed by atoms with Crippen LogP contribution < -0.4 is 10.4 Å². The van der Waals surface area contributed by atoms with Crippen molar-refractivity contribution in [3.05, 3.63) is 108 Å². The summed E-state index contributed by atoms with van der Waals surface area (Å²) in [6, 6.07) is 31.5. The van der Waals surface area contributed by atoms with Crippen LogP contribution in [0.25, 0.3) is 0 Å². The van der Waals surface area contributed by atoms with Crippen LogP contribution in [0.1, 0.15) is 45.6 Å². The Bertz CT molecular complexity index is 1010. The monoisotopic (exact) mass is 566 g/mol. The SMILES string of the molecule is C=C(Br)C[C@H](O)[C@H](CCCO[Si](c1ccccc1)(c1ccccc1)C(C)(C)C)OCc1ccccc1. The van der Waals surface area contributed by atoms with Crippen molar-refractivity contribution in [1.82, 2.24) is 0 Å².